The minimum atomic E-state index is -0.195. The van der Waals surface area contributed by atoms with Crippen molar-refractivity contribution in [1.82, 2.24) is 25.3 Å². The number of carbonyl (C=O) groups excluding carboxylic acids is 1. The summed E-state index contributed by atoms with van der Waals surface area (Å²) in [6, 6.07) is 11.6. The third kappa shape index (κ3) is 5.31. The van der Waals surface area contributed by atoms with E-state index in [0.717, 1.165) is 41.5 Å². The fourth-order valence-corrected chi connectivity index (χ4v) is 4.66. The van der Waals surface area contributed by atoms with Gasteiger partial charge in [0.2, 0.25) is 5.91 Å². The maximum absolute atomic E-state index is 11.7. The zero-order chi connectivity index (χ0) is 26.9. The lowest BCUT2D eigenvalue weighted by Crippen LogP contribution is -2.35. The number of aryl methyl sites for hydroxylation is 2. The molecule has 2 atom stereocenters. The van der Waals surface area contributed by atoms with E-state index in [4.69, 9.17) is 14.5 Å². The van der Waals surface area contributed by atoms with Crippen molar-refractivity contribution in [1.29, 1.82) is 0 Å². The molecular weight excluding hydrogens is 494 g/mol. The lowest BCUT2D eigenvalue weighted by Gasteiger charge is -2.24. The molecule has 10 heteroatoms. The molecular formula is C29H29N7O3. The zero-order valence-electron chi connectivity index (χ0n) is 21.8. The molecule has 4 heterocycles. The molecule has 4 aromatic rings. The maximum atomic E-state index is 11.7. The monoisotopic (exact) mass is 523 g/mol. The highest BCUT2D eigenvalue weighted by atomic mass is 16.5. The van der Waals surface area contributed by atoms with Crippen LogP contribution in [0.15, 0.2) is 61.6 Å². The zero-order valence-corrected chi connectivity index (χ0v) is 21.8. The molecule has 0 bridgehead atoms. The molecule has 1 unspecified atom stereocenters. The van der Waals surface area contributed by atoms with Crippen LogP contribution in [0.2, 0.25) is 0 Å². The molecule has 0 spiro atoms. The van der Waals surface area contributed by atoms with Crippen molar-refractivity contribution >= 4 is 34.3 Å². The van der Waals surface area contributed by atoms with Gasteiger partial charge in [0.1, 0.15) is 29.4 Å². The van der Waals surface area contributed by atoms with E-state index in [2.05, 4.69) is 37.1 Å². The van der Waals surface area contributed by atoms with Gasteiger partial charge in [-0.05, 0) is 62.2 Å². The van der Waals surface area contributed by atoms with E-state index in [-0.39, 0.29) is 12.0 Å². The summed E-state index contributed by atoms with van der Waals surface area (Å²) in [6.07, 6.45) is 5.72. The van der Waals surface area contributed by atoms with Gasteiger partial charge in [0, 0.05) is 43.0 Å². The molecule has 3 aromatic heterocycles. The largest absolute Gasteiger partial charge is 0.486 e. The Bertz CT molecular complexity index is 1560. The highest BCUT2D eigenvalue weighted by Gasteiger charge is 2.44. The van der Waals surface area contributed by atoms with Gasteiger partial charge in [-0.1, -0.05) is 6.58 Å². The maximum Gasteiger partial charge on any atom is 0.243 e. The summed E-state index contributed by atoms with van der Waals surface area (Å²) in [6.45, 7) is 9.34. The van der Waals surface area contributed by atoms with Crippen LogP contribution >= 0.6 is 0 Å². The first-order valence-electron chi connectivity index (χ1n) is 12.9. The molecule has 1 aliphatic carbocycles. The number of benzene rings is 1. The van der Waals surface area contributed by atoms with Crippen LogP contribution in [0, 0.1) is 19.8 Å². The second-order valence-electron chi connectivity index (χ2n) is 9.84. The Morgan fingerprint density at radius 3 is 2.90 bits per heavy atom. The van der Waals surface area contributed by atoms with E-state index < -0.39 is 0 Å². The lowest BCUT2D eigenvalue weighted by molar-refractivity contribution is -0.116. The van der Waals surface area contributed by atoms with Crippen LogP contribution in [-0.2, 0) is 4.79 Å². The number of amides is 1. The number of nitrogens with one attached hydrogen (secondary N) is 2. The van der Waals surface area contributed by atoms with Gasteiger partial charge in [-0.3, -0.25) is 9.78 Å². The van der Waals surface area contributed by atoms with Crippen LogP contribution < -0.4 is 25.0 Å². The Kier molecular flexibility index (Phi) is 6.44. The molecule has 1 saturated carbocycles. The predicted molar refractivity (Wildman–Crippen MR) is 149 cm³/mol. The Balaban J connectivity index is 1.27. The summed E-state index contributed by atoms with van der Waals surface area (Å²) >= 11 is 0. The summed E-state index contributed by atoms with van der Waals surface area (Å²) in [5.74, 6) is 3.71. The average molecular weight is 524 g/mol. The molecule has 1 amide bonds. The third-order valence-electron chi connectivity index (χ3n) is 6.86. The molecule has 1 aliphatic heterocycles. The number of anilines is 3. The number of fused-ring (bicyclic) bond motifs is 3. The lowest BCUT2D eigenvalue weighted by atomic mass is 10.2. The van der Waals surface area contributed by atoms with Crippen LogP contribution in [0.1, 0.15) is 17.7 Å². The van der Waals surface area contributed by atoms with E-state index in [1.165, 1.54) is 12.4 Å². The van der Waals surface area contributed by atoms with Crippen molar-refractivity contribution in [3.63, 3.8) is 0 Å². The van der Waals surface area contributed by atoms with Gasteiger partial charge in [0.15, 0.2) is 17.4 Å². The van der Waals surface area contributed by atoms with E-state index in [9.17, 15) is 4.79 Å². The van der Waals surface area contributed by atoms with E-state index >= 15 is 0 Å². The summed E-state index contributed by atoms with van der Waals surface area (Å²) < 4.78 is 12.3. The number of hydrogen-bond acceptors (Lipinski definition) is 9. The number of nitrogens with zero attached hydrogens (tertiary/aromatic N) is 5. The van der Waals surface area contributed by atoms with Crippen molar-refractivity contribution in [2.24, 2.45) is 5.92 Å². The van der Waals surface area contributed by atoms with Crippen molar-refractivity contribution in [2.75, 3.05) is 29.9 Å². The van der Waals surface area contributed by atoms with Gasteiger partial charge < -0.3 is 25.0 Å². The number of carbonyl (C=O) groups is 1. The summed E-state index contributed by atoms with van der Waals surface area (Å²) in [5.41, 5.74) is 4.07. The molecule has 0 saturated heterocycles. The molecule has 1 aromatic carbocycles. The second-order valence-corrected chi connectivity index (χ2v) is 9.84. The van der Waals surface area contributed by atoms with Gasteiger partial charge in [-0.25, -0.2) is 15.0 Å². The van der Waals surface area contributed by atoms with Crippen LogP contribution in [-0.4, -0.2) is 51.6 Å². The summed E-state index contributed by atoms with van der Waals surface area (Å²) in [4.78, 5) is 32.1. The molecule has 2 aliphatic rings. The van der Waals surface area contributed by atoms with E-state index in [1.807, 2.05) is 50.2 Å². The number of aromatic nitrogens is 4. The van der Waals surface area contributed by atoms with Crippen molar-refractivity contribution in [3.8, 4) is 17.2 Å². The Hall–Kier alpha value is -4.73. The smallest absolute Gasteiger partial charge is 0.243 e. The first kappa shape index (κ1) is 24.6. The summed E-state index contributed by atoms with van der Waals surface area (Å²) in [7, 11) is 0. The highest BCUT2D eigenvalue weighted by Crippen LogP contribution is 2.44. The Morgan fingerprint density at radius 2 is 2.10 bits per heavy atom. The molecule has 10 nitrogen and oxygen atoms in total. The molecule has 6 rings (SSSR count). The standard InChI is InChI=1S/C29H29N7O3/c1-4-26(37)30-9-10-36-15-19-12-24(19)39-25-13-22-27(35-29(25)36)28(33-16-32-22)34-20-6-8-23(17(2)11-20)38-21-7-5-18(3)31-14-21/h4-8,11,13-14,16,19,24H,1,9-10,12,15H2,2-3H3,(H,30,37)(H,32,33,34)/t19-,24?/m0/s1. The molecule has 1 fully saturated rings. The third-order valence-corrected chi connectivity index (χ3v) is 6.86. The predicted octanol–water partition coefficient (Wildman–Crippen LogP) is 4.46. The van der Waals surface area contributed by atoms with Gasteiger partial charge in [-0.15, -0.1) is 0 Å². The molecule has 0 radical (unpaired) electrons. The normalized spacial score (nSPS) is 17.3. The minimum Gasteiger partial charge on any atom is -0.486 e. The molecule has 198 valence electrons. The van der Waals surface area contributed by atoms with Crippen LogP contribution in [0.5, 0.6) is 17.2 Å². The quantitative estimate of drug-likeness (QED) is 0.323. The van der Waals surface area contributed by atoms with E-state index in [1.54, 1.807) is 6.20 Å². The van der Waals surface area contributed by atoms with Gasteiger partial charge in [-0.2, -0.15) is 0 Å². The topological polar surface area (TPSA) is 114 Å². The van der Waals surface area contributed by atoms with E-state index in [0.29, 0.717) is 47.4 Å². The van der Waals surface area contributed by atoms with Crippen molar-refractivity contribution in [2.45, 2.75) is 26.4 Å². The van der Waals surface area contributed by atoms with Crippen LogP contribution in [0.4, 0.5) is 17.3 Å². The second kappa shape index (κ2) is 10.2. The number of hydrogen-bond donors (Lipinski definition) is 2. The fraction of sp³-hybridized carbons (Fsp3) is 0.276. The number of ether oxygens (including phenoxy) is 2. The van der Waals surface area contributed by atoms with Gasteiger partial charge >= 0.3 is 0 Å². The van der Waals surface area contributed by atoms with Crippen molar-refractivity contribution < 1.29 is 14.3 Å². The van der Waals surface area contributed by atoms with Crippen LogP contribution in [0.3, 0.4) is 0 Å². The van der Waals surface area contributed by atoms with Crippen LogP contribution in [0.25, 0.3) is 11.0 Å². The first-order valence-corrected chi connectivity index (χ1v) is 12.9. The molecule has 39 heavy (non-hydrogen) atoms. The van der Waals surface area contributed by atoms with Crippen molar-refractivity contribution in [3.05, 3.63) is 72.8 Å². The summed E-state index contributed by atoms with van der Waals surface area (Å²) in [5, 5.41) is 6.25. The minimum absolute atomic E-state index is 0.189. The Labute approximate surface area is 226 Å². The fourth-order valence-electron chi connectivity index (χ4n) is 4.66. The Morgan fingerprint density at radius 1 is 1.21 bits per heavy atom. The van der Waals surface area contributed by atoms with Gasteiger partial charge in [0.25, 0.3) is 0 Å². The number of pyridine rings is 2. The molecule has 2 N–H and O–H groups in total. The highest BCUT2D eigenvalue weighted by molar-refractivity contribution is 5.90. The van der Waals surface area contributed by atoms with Gasteiger partial charge in [0.05, 0.1) is 11.7 Å². The SMILES string of the molecule is C=CC(=O)NCCN1C[C@@H]2CC2Oc2cc3ncnc(Nc4ccc(Oc5ccc(C)nc5)c(C)c4)c3nc21. The number of rotatable bonds is 8. The average Bonchev–Trinajstić information content (AvgIpc) is 3.68. The first-order chi connectivity index (χ1) is 19.0.